The first-order valence-corrected chi connectivity index (χ1v) is 8.97. The fraction of sp³-hybridized carbons (Fsp3) is 0.300. The van der Waals surface area contributed by atoms with Crippen LogP contribution >= 0.6 is 24.0 Å². The third kappa shape index (κ3) is 5.51. The molecule has 1 N–H and O–H groups in total. The normalized spacial score (nSPS) is 16.5. The number of benzene rings is 2. The lowest BCUT2D eigenvalue weighted by atomic mass is 10.0. The van der Waals surface area contributed by atoms with Gasteiger partial charge < -0.3 is 10.2 Å². The van der Waals surface area contributed by atoms with Crippen LogP contribution in [0, 0.1) is 5.82 Å². The number of nitrogens with one attached hydrogen (secondary N) is 1. The van der Waals surface area contributed by atoms with Crippen LogP contribution in [-0.2, 0) is 4.79 Å². The third-order valence-electron chi connectivity index (χ3n) is 4.53. The lowest BCUT2D eigenvalue weighted by Gasteiger charge is -2.36. The zero-order valence-corrected chi connectivity index (χ0v) is 16.2. The highest BCUT2D eigenvalue weighted by Gasteiger charge is 2.28. The maximum Gasteiger partial charge on any atom is 0.223 e. The van der Waals surface area contributed by atoms with Crippen molar-refractivity contribution in [1.82, 2.24) is 10.2 Å². The van der Waals surface area contributed by atoms with Crippen LogP contribution in [0.3, 0.4) is 0 Å². The number of hydrogen-bond acceptors (Lipinski definition) is 3. The Morgan fingerprint density at radius 3 is 2.59 bits per heavy atom. The summed E-state index contributed by atoms with van der Waals surface area (Å²) >= 11 is 5.83. The van der Waals surface area contributed by atoms with Crippen LogP contribution in [0.5, 0.6) is 0 Å². The van der Waals surface area contributed by atoms with E-state index in [9.17, 15) is 14.0 Å². The smallest absolute Gasteiger partial charge is 0.223 e. The minimum Gasteiger partial charge on any atom is -0.333 e. The summed E-state index contributed by atoms with van der Waals surface area (Å²) in [4.78, 5) is 26.7. The molecule has 144 valence electrons. The van der Waals surface area contributed by atoms with Crippen molar-refractivity contribution >= 4 is 35.7 Å². The number of piperazine rings is 1. The van der Waals surface area contributed by atoms with Crippen molar-refractivity contribution in [3.05, 3.63) is 70.5 Å². The quantitative estimate of drug-likeness (QED) is 0.756. The molecule has 1 heterocycles. The second kappa shape index (κ2) is 9.83. The Kier molecular flexibility index (Phi) is 7.78. The lowest BCUT2D eigenvalue weighted by Crippen LogP contribution is -2.48. The van der Waals surface area contributed by atoms with Gasteiger partial charge in [-0.3, -0.25) is 9.59 Å². The van der Waals surface area contributed by atoms with Crippen molar-refractivity contribution in [2.24, 2.45) is 0 Å². The van der Waals surface area contributed by atoms with Gasteiger partial charge in [-0.2, -0.15) is 0 Å². The molecular weight excluding hydrogens is 390 g/mol. The maximum atomic E-state index is 13.5. The second-order valence-corrected chi connectivity index (χ2v) is 6.73. The van der Waals surface area contributed by atoms with Crippen LogP contribution in [0.2, 0.25) is 5.02 Å². The number of nitrogens with zero attached hydrogens (tertiary/aromatic N) is 1. The molecule has 7 heteroatoms. The van der Waals surface area contributed by atoms with E-state index in [4.69, 9.17) is 11.6 Å². The topological polar surface area (TPSA) is 49.4 Å². The van der Waals surface area contributed by atoms with Crippen molar-refractivity contribution in [2.75, 3.05) is 19.6 Å². The summed E-state index contributed by atoms with van der Waals surface area (Å²) in [6.07, 6.45) is 0.271. The number of Topliss-reactive ketones (excluding diaryl/α,β-unsaturated/α-hetero) is 1. The van der Waals surface area contributed by atoms with Gasteiger partial charge in [0.15, 0.2) is 5.78 Å². The van der Waals surface area contributed by atoms with E-state index >= 15 is 0 Å². The Bertz CT molecular complexity index is 799. The standard InChI is InChI=1S/C20H20ClFN2O2.ClH/c21-16-6-4-14(5-7-16)19(25)8-9-20(26)24-11-10-23-13-18(24)15-2-1-3-17(22)12-15;/h1-7,12,18,23H,8-11,13H2;1H. The number of ketones is 1. The van der Waals surface area contributed by atoms with Gasteiger partial charge in [0.05, 0.1) is 6.04 Å². The summed E-state index contributed by atoms with van der Waals surface area (Å²) in [5.74, 6) is -0.506. The average molecular weight is 411 g/mol. The molecule has 0 aromatic heterocycles. The van der Waals surface area contributed by atoms with Crippen LogP contribution in [0.4, 0.5) is 4.39 Å². The molecule has 0 aliphatic carbocycles. The Labute approximate surface area is 169 Å². The first kappa shape index (κ1) is 21.4. The minimum atomic E-state index is -0.321. The molecular formula is C20H21Cl2FN2O2. The van der Waals surface area contributed by atoms with E-state index in [1.165, 1.54) is 12.1 Å². The predicted octanol–water partition coefficient (Wildman–Crippen LogP) is 4.04. The molecule has 27 heavy (non-hydrogen) atoms. The first-order chi connectivity index (χ1) is 12.5. The van der Waals surface area contributed by atoms with Gasteiger partial charge in [-0.05, 0) is 42.0 Å². The van der Waals surface area contributed by atoms with E-state index < -0.39 is 0 Å². The SMILES string of the molecule is Cl.O=C(CCC(=O)N1CCNCC1c1cccc(F)c1)c1ccc(Cl)cc1. The number of carbonyl (C=O) groups is 2. The van der Waals surface area contributed by atoms with Crippen LogP contribution in [0.1, 0.15) is 34.8 Å². The van der Waals surface area contributed by atoms with E-state index in [0.717, 1.165) is 5.56 Å². The minimum absolute atomic E-state index is 0. The molecule has 0 saturated carbocycles. The Morgan fingerprint density at radius 1 is 1.15 bits per heavy atom. The molecule has 1 saturated heterocycles. The molecule has 0 radical (unpaired) electrons. The molecule has 0 spiro atoms. The van der Waals surface area contributed by atoms with Gasteiger partial charge >= 0.3 is 0 Å². The van der Waals surface area contributed by atoms with Crippen LogP contribution < -0.4 is 5.32 Å². The number of amides is 1. The molecule has 2 aromatic carbocycles. The largest absolute Gasteiger partial charge is 0.333 e. The molecule has 1 unspecified atom stereocenters. The third-order valence-corrected chi connectivity index (χ3v) is 4.78. The van der Waals surface area contributed by atoms with Gasteiger partial charge in [0.1, 0.15) is 5.82 Å². The van der Waals surface area contributed by atoms with E-state index in [-0.39, 0.29) is 48.8 Å². The fourth-order valence-electron chi connectivity index (χ4n) is 3.16. The van der Waals surface area contributed by atoms with Crippen molar-refractivity contribution in [1.29, 1.82) is 0 Å². The lowest BCUT2D eigenvalue weighted by molar-refractivity contribution is -0.134. The first-order valence-electron chi connectivity index (χ1n) is 8.59. The molecule has 1 amide bonds. The van der Waals surface area contributed by atoms with Gasteiger partial charge in [-0.25, -0.2) is 4.39 Å². The van der Waals surface area contributed by atoms with Gasteiger partial charge in [0, 0.05) is 43.1 Å². The molecule has 2 aromatic rings. The molecule has 1 atom stereocenters. The van der Waals surface area contributed by atoms with Crippen molar-refractivity contribution < 1.29 is 14.0 Å². The second-order valence-electron chi connectivity index (χ2n) is 6.29. The highest BCUT2D eigenvalue weighted by molar-refractivity contribution is 6.30. The van der Waals surface area contributed by atoms with E-state index in [2.05, 4.69) is 5.32 Å². The van der Waals surface area contributed by atoms with Gasteiger partial charge in [-0.15, -0.1) is 12.4 Å². The average Bonchev–Trinajstić information content (AvgIpc) is 2.66. The zero-order valence-electron chi connectivity index (χ0n) is 14.7. The molecule has 1 aliphatic heterocycles. The molecule has 1 aliphatic rings. The number of halogens is 3. The summed E-state index contributed by atoms with van der Waals surface area (Å²) in [7, 11) is 0. The van der Waals surface area contributed by atoms with Crippen molar-refractivity contribution in [3.63, 3.8) is 0 Å². The number of rotatable bonds is 5. The van der Waals surface area contributed by atoms with Crippen molar-refractivity contribution in [3.8, 4) is 0 Å². The maximum absolute atomic E-state index is 13.5. The zero-order chi connectivity index (χ0) is 18.5. The Balaban J connectivity index is 0.00000261. The summed E-state index contributed by atoms with van der Waals surface area (Å²) in [6, 6.07) is 12.7. The molecule has 0 bridgehead atoms. The van der Waals surface area contributed by atoms with Crippen molar-refractivity contribution in [2.45, 2.75) is 18.9 Å². The predicted molar refractivity (Wildman–Crippen MR) is 106 cm³/mol. The number of carbonyl (C=O) groups excluding carboxylic acids is 2. The van der Waals surface area contributed by atoms with Gasteiger partial charge in [-0.1, -0.05) is 23.7 Å². The van der Waals surface area contributed by atoms with E-state index in [1.807, 2.05) is 6.07 Å². The molecule has 4 nitrogen and oxygen atoms in total. The fourth-order valence-corrected chi connectivity index (χ4v) is 3.28. The van der Waals surface area contributed by atoms with E-state index in [0.29, 0.717) is 30.2 Å². The number of hydrogen-bond donors (Lipinski definition) is 1. The van der Waals surface area contributed by atoms with E-state index in [1.54, 1.807) is 35.2 Å². The molecule has 1 fully saturated rings. The van der Waals surface area contributed by atoms with Crippen LogP contribution in [-0.4, -0.2) is 36.2 Å². The van der Waals surface area contributed by atoms with Gasteiger partial charge in [0.2, 0.25) is 5.91 Å². The summed E-state index contributed by atoms with van der Waals surface area (Å²) in [5.41, 5.74) is 1.30. The summed E-state index contributed by atoms with van der Waals surface area (Å²) in [5, 5.41) is 3.80. The van der Waals surface area contributed by atoms with Gasteiger partial charge in [0.25, 0.3) is 0 Å². The Morgan fingerprint density at radius 2 is 1.89 bits per heavy atom. The van der Waals surface area contributed by atoms with Crippen LogP contribution in [0.15, 0.2) is 48.5 Å². The Hall–Kier alpha value is -1.95. The highest BCUT2D eigenvalue weighted by Crippen LogP contribution is 2.24. The van der Waals surface area contributed by atoms with Crippen LogP contribution in [0.25, 0.3) is 0 Å². The summed E-state index contributed by atoms with van der Waals surface area (Å²) < 4.78 is 13.5. The monoisotopic (exact) mass is 410 g/mol. The molecule has 3 rings (SSSR count). The summed E-state index contributed by atoms with van der Waals surface area (Å²) in [6.45, 7) is 1.79. The highest BCUT2D eigenvalue weighted by atomic mass is 35.5.